The summed E-state index contributed by atoms with van der Waals surface area (Å²) in [6.45, 7) is 7.19. The maximum absolute atomic E-state index is 3.39. The number of fused-ring (bicyclic) bond motifs is 1. The number of nitrogens with one attached hydrogen (secondary N) is 1. The molecule has 0 bridgehead atoms. The Balaban J connectivity index is 0.000000815. The van der Waals surface area contributed by atoms with E-state index >= 15 is 0 Å². The molecule has 0 spiro atoms. The Labute approximate surface area is 144 Å². The van der Waals surface area contributed by atoms with Gasteiger partial charge in [0.25, 0.3) is 0 Å². The summed E-state index contributed by atoms with van der Waals surface area (Å²) in [5.41, 5.74) is 5.41. The first kappa shape index (κ1) is 16.5. The van der Waals surface area contributed by atoms with Crippen molar-refractivity contribution in [2.24, 2.45) is 0 Å². The average molecular weight is 318 g/mol. The van der Waals surface area contributed by atoms with E-state index in [0.717, 1.165) is 26.1 Å². The summed E-state index contributed by atoms with van der Waals surface area (Å²) in [6.07, 6.45) is 5.68. The molecule has 0 atom stereocenters. The van der Waals surface area contributed by atoms with Gasteiger partial charge in [-0.05, 0) is 23.6 Å². The van der Waals surface area contributed by atoms with Crippen molar-refractivity contribution in [2.45, 2.75) is 26.8 Å². The molecular formula is C22H26N2. The fraction of sp³-hybridized carbons (Fsp3) is 0.273. The number of benzene rings is 2. The Bertz CT molecular complexity index is 799. The van der Waals surface area contributed by atoms with Gasteiger partial charge in [-0.15, -0.1) is 0 Å². The van der Waals surface area contributed by atoms with Crippen LogP contribution >= 0.6 is 0 Å². The Kier molecular flexibility index (Phi) is 5.50. The summed E-state index contributed by atoms with van der Waals surface area (Å²) in [7, 11) is 0. The molecule has 0 radical (unpaired) electrons. The molecule has 0 unspecified atom stereocenters. The maximum Gasteiger partial charge on any atom is 0.0460 e. The van der Waals surface area contributed by atoms with Gasteiger partial charge in [-0.3, -0.25) is 4.90 Å². The van der Waals surface area contributed by atoms with E-state index in [4.69, 9.17) is 0 Å². The zero-order valence-corrected chi connectivity index (χ0v) is 14.6. The minimum atomic E-state index is 1.02. The highest BCUT2D eigenvalue weighted by Crippen LogP contribution is 2.28. The van der Waals surface area contributed by atoms with Crippen molar-refractivity contribution < 1.29 is 0 Å². The molecule has 0 saturated heterocycles. The summed E-state index contributed by atoms with van der Waals surface area (Å²) >= 11 is 0. The second-order valence-electron chi connectivity index (χ2n) is 5.96. The fourth-order valence-electron chi connectivity index (χ4n) is 3.31. The molecule has 3 aromatic rings. The molecular weight excluding hydrogens is 292 g/mol. The van der Waals surface area contributed by atoms with E-state index in [1.807, 2.05) is 13.8 Å². The first-order valence-corrected chi connectivity index (χ1v) is 8.92. The second-order valence-corrected chi connectivity index (χ2v) is 5.96. The number of nitrogens with zero attached hydrogens (tertiary/aromatic N) is 1. The molecule has 2 aromatic carbocycles. The number of aromatic amines is 1. The van der Waals surface area contributed by atoms with Crippen LogP contribution < -0.4 is 0 Å². The van der Waals surface area contributed by atoms with Crippen molar-refractivity contribution in [2.75, 3.05) is 13.1 Å². The summed E-state index contributed by atoms with van der Waals surface area (Å²) in [5.74, 6) is 0. The number of hydrogen-bond donors (Lipinski definition) is 1. The minimum Gasteiger partial charge on any atom is -0.361 e. The van der Waals surface area contributed by atoms with Crippen LogP contribution in [0.3, 0.4) is 0 Å². The van der Waals surface area contributed by atoms with E-state index in [2.05, 4.69) is 76.8 Å². The van der Waals surface area contributed by atoms with E-state index < -0.39 is 0 Å². The molecule has 2 nitrogen and oxygen atoms in total. The Morgan fingerprint density at radius 3 is 2.54 bits per heavy atom. The summed E-state index contributed by atoms with van der Waals surface area (Å²) in [4.78, 5) is 5.92. The summed E-state index contributed by atoms with van der Waals surface area (Å²) in [6, 6.07) is 19.3. The monoisotopic (exact) mass is 318 g/mol. The lowest BCUT2D eigenvalue weighted by Crippen LogP contribution is -2.28. The van der Waals surface area contributed by atoms with Crippen LogP contribution in [-0.2, 0) is 6.54 Å². The zero-order chi connectivity index (χ0) is 16.8. The predicted octanol–water partition coefficient (Wildman–Crippen LogP) is 5.48. The molecule has 0 fully saturated rings. The Morgan fingerprint density at radius 1 is 0.958 bits per heavy atom. The largest absolute Gasteiger partial charge is 0.361 e. The lowest BCUT2D eigenvalue weighted by molar-refractivity contribution is 0.296. The maximum atomic E-state index is 3.39. The first-order valence-electron chi connectivity index (χ1n) is 8.92. The lowest BCUT2D eigenvalue weighted by atomic mass is 10.00. The van der Waals surface area contributed by atoms with E-state index in [-0.39, 0.29) is 0 Å². The first-order chi connectivity index (χ1) is 11.9. The molecule has 4 rings (SSSR count). The number of aromatic nitrogens is 1. The van der Waals surface area contributed by atoms with Crippen molar-refractivity contribution in [3.05, 3.63) is 78.0 Å². The number of rotatable bonds is 3. The second kappa shape index (κ2) is 7.98. The van der Waals surface area contributed by atoms with Crippen molar-refractivity contribution in [1.82, 2.24) is 9.88 Å². The number of H-pyrrole nitrogens is 1. The SMILES string of the molecule is C1=C(c2c[nH]c3ccccc23)CN(Cc2ccccc2)CC1.CC. The lowest BCUT2D eigenvalue weighted by Gasteiger charge is -2.27. The number of hydrogen-bond acceptors (Lipinski definition) is 1. The third kappa shape index (κ3) is 3.60. The van der Waals surface area contributed by atoms with Gasteiger partial charge >= 0.3 is 0 Å². The molecule has 0 amide bonds. The van der Waals surface area contributed by atoms with Crippen LogP contribution in [0, 0.1) is 0 Å². The number of para-hydroxylation sites is 1. The standard InChI is InChI=1S/C20H20N2.C2H6/c1-2-7-16(8-3-1)14-22-12-6-9-17(15-22)19-13-21-20-11-5-4-10-18(19)20;1-2/h1-5,7-11,13,21H,6,12,14-15H2;1-2H3. The van der Waals surface area contributed by atoms with E-state index in [0.29, 0.717) is 0 Å². The van der Waals surface area contributed by atoms with Crippen LogP contribution in [0.2, 0.25) is 0 Å². The van der Waals surface area contributed by atoms with Crippen LogP contribution in [0.25, 0.3) is 16.5 Å². The van der Waals surface area contributed by atoms with Crippen molar-refractivity contribution in [3.8, 4) is 0 Å². The highest BCUT2D eigenvalue weighted by atomic mass is 15.1. The van der Waals surface area contributed by atoms with Gasteiger partial charge in [0.15, 0.2) is 0 Å². The topological polar surface area (TPSA) is 19.0 Å². The van der Waals surface area contributed by atoms with Crippen molar-refractivity contribution in [3.63, 3.8) is 0 Å². The highest BCUT2D eigenvalue weighted by Gasteiger charge is 2.16. The quantitative estimate of drug-likeness (QED) is 0.677. The van der Waals surface area contributed by atoms with Crippen LogP contribution in [0.15, 0.2) is 66.9 Å². The molecule has 1 aliphatic rings. The van der Waals surface area contributed by atoms with Crippen molar-refractivity contribution >= 4 is 16.5 Å². The van der Waals surface area contributed by atoms with E-state index in [1.54, 1.807) is 0 Å². The molecule has 1 N–H and O–H groups in total. The normalized spacial score (nSPS) is 14.8. The molecule has 2 heterocycles. The minimum absolute atomic E-state index is 1.02. The summed E-state index contributed by atoms with van der Waals surface area (Å²) < 4.78 is 0. The van der Waals surface area contributed by atoms with Crippen LogP contribution in [0.5, 0.6) is 0 Å². The highest BCUT2D eigenvalue weighted by molar-refractivity contribution is 5.93. The van der Waals surface area contributed by atoms with Gasteiger partial charge in [-0.25, -0.2) is 0 Å². The molecule has 0 saturated carbocycles. The van der Waals surface area contributed by atoms with Gasteiger partial charge in [0, 0.05) is 42.3 Å². The third-order valence-electron chi connectivity index (χ3n) is 4.41. The van der Waals surface area contributed by atoms with Gasteiger partial charge in [0.05, 0.1) is 0 Å². The molecule has 1 aromatic heterocycles. The van der Waals surface area contributed by atoms with Crippen LogP contribution in [0.4, 0.5) is 0 Å². The van der Waals surface area contributed by atoms with Gasteiger partial charge in [0.1, 0.15) is 0 Å². The molecule has 1 aliphatic heterocycles. The zero-order valence-electron chi connectivity index (χ0n) is 14.6. The van der Waals surface area contributed by atoms with Crippen LogP contribution in [0.1, 0.15) is 31.4 Å². The molecule has 124 valence electrons. The molecule has 2 heteroatoms. The third-order valence-corrected chi connectivity index (χ3v) is 4.41. The van der Waals surface area contributed by atoms with Gasteiger partial charge in [-0.1, -0.05) is 68.5 Å². The molecule has 0 aliphatic carbocycles. The van der Waals surface area contributed by atoms with E-state index in [9.17, 15) is 0 Å². The molecule has 24 heavy (non-hydrogen) atoms. The van der Waals surface area contributed by atoms with Gasteiger partial charge in [0.2, 0.25) is 0 Å². The Morgan fingerprint density at radius 2 is 1.71 bits per heavy atom. The van der Waals surface area contributed by atoms with Gasteiger partial charge < -0.3 is 4.98 Å². The van der Waals surface area contributed by atoms with E-state index in [1.165, 1.54) is 27.6 Å². The van der Waals surface area contributed by atoms with Crippen LogP contribution in [-0.4, -0.2) is 23.0 Å². The van der Waals surface area contributed by atoms with Crippen molar-refractivity contribution in [1.29, 1.82) is 0 Å². The Hall–Kier alpha value is -2.32. The smallest absolute Gasteiger partial charge is 0.0460 e. The average Bonchev–Trinajstić information content (AvgIpc) is 3.09. The fourth-order valence-corrected chi connectivity index (χ4v) is 3.31. The predicted molar refractivity (Wildman–Crippen MR) is 104 cm³/mol. The summed E-state index contributed by atoms with van der Waals surface area (Å²) in [5, 5.41) is 1.33. The van der Waals surface area contributed by atoms with Gasteiger partial charge in [-0.2, -0.15) is 0 Å².